The molecule has 0 radical (unpaired) electrons. The lowest BCUT2D eigenvalue weighted by Gasteiger charge is -2.22. The second-order valence-electron chi connectivity index (χ2n) is 5.13. The van der Waals surface area contributed by atoms with Gasteiger partial charge >= 0.3 is 0 Å². The summed E-state index contributed by atoms with van der Waals surface area (Å²) in [5, 5.41) is 0.653. The molecule has 3 rings (SSSR count). The second kappa shape index (κ2) is 5.86. The van der Waals surface area contributed by atoms with Gasteiger partial charge in [0.1, 0.15) is 17.1 Å². The maximum Gasteiger partial charge on any atom is 0.146 e. The fourth-order valence-electron chi connectivity index (χ4n) is 3.25. The number of methoxy groups -OCH3 is 1. The summed E-state index contributed by atoms with van der Waals surface area (Å²) in [6.07, 6.45) is 5.96. The van der Waals surface area contributed by atoms with Crippen molar-refractivity contribution in [1.82, 2.24) is 9.55 Å². The Hall–Kier alpha value is -0.870. The SMILES string of the molecule is COc1cccc2c1nc(CCl)n2C1CCCC1SC. The minimum atomic E-state index is 0.440. The van der Waals surface area contributed by atoms with E-state index >= 15 is 0 Å². The zero-order valence-electron chi connectivity index (χ0n) is 11.8. The average Bonchev–Trinajstić information content (AvgIpc) is 3.09. The summed E-state index contributed by atoms with van der Waals surface area (Å²) in [7, 11) is 1.69. The van der Waals surface area contributed by atoms with Gasteiger partial charge in [0.2, 0.25) is 0 Å². The predicted molar refractivity (Wildman–Crippen MR) is 86.0 cm³/mol. The van der Waals surface area contributed by atoms with Gasteiger partial charge in [-0.05, 0) is 31.2 Å². The minimum absolute atomic E-state index is 0.440. The summed E-state index contributed by atoms with van der Waals surface area (Å²) in [5.41, 5.74) is 2.07. The van der Waals surface area contributed by atoms with Crippen LogP contribution in [0.15, 0.2) is 18.2 Å². The first kappa shape index (κ1) is 14.1. The summed E-state index contributed by atoms with van der Waals surface area (Å²) in [5.74, 6) is 2.22. The van der Waals surface area contributed by atoms with Crippen molar-refractivity contribution < 1.29 is 4.74 Å². The van der Waals surface area contributed by atoms with Crippen molar-refractivity contribution in [3.63, 3.8) is 0 Å². The molecule has 108 valence electrons. The fraction of sp³-hybridized carbons (Fsp3) is 0.533. The quantitative estimate of drug-likeness (QED) is 0.790. The van der Waals surface area contributed by atoms with Gasteiger partial charge in [-0.15, -0.1) is 11.6 Å². The molecule has 2 atom stereocenters. The molecule has 0 saturated heterocycles. The number of rotatable bonds is 4. The third-order valence-corrected chi connectivity index (χ3v) is 5.54. The van der Waals surface area contributed by atoms with Crippen LogP contribution in [0, 0.1) is 0 Å². The van der Waals surface area contributed by atoms with E-state index in [0.717, 1.165) is 22.6 Å². The number of halogens is 1. The number of ether oxygens (including phenoxy) is 1. The van der Waals surface area contributed by atoms with Crippen molar-refractivity contribution in [3.8, 4) is 5.75 Å². The van der Waals surface area contributed by atoms with E-state index in [1.807, 2.05) is 23.9 Å². The zero-order chi connectivity index (χ0) is 14.1. The molecule has 1 aromatic heterocycles. The Bertz CT molecular complexity index is 613. The number of hydrogen-bond donors (Lipinski definition) is 0. The number of hydrogen-bond acceptors (Lipinski definition) is 3. The highest BCUT2D eigenvalue weighted by molar-refractivity contribution is 7.99. The van der Waals surface area contributed by atoms with Crippen LogP contribution >= 0.6 is 23.4 Å². The Morgan fingerprint density at radius 1 is 1.45 bits per heavy atom. The van der Waals surface area contributed by atoms with Crippen LogP contribution in [0.3, 0.4) is 0 Å². The average molecular weight is 311 g/mol. The molecule has 0 bridgehead atoms. The number of para-hydroxylation sites is 1. The second-order valence-corrected chi connectivity index (χ2v) is 6.48. The normalized spacial score (nSPS) is 22.6. The highest BCUT2D eigenvalue weighted by atomic mass is 35.5. The van der Waals surface area contributed by atoms with Crippen molar-refractivity contribution in [2.24, 2.45) is 0 Å². The van der Waals surface area contributed by atoms with E-state index in [1.165, 1.54) is 19.3 Å². The fourth-order valence-corrected chi connectivity index (χ4v) is 4.41. The summed E-state index contributed by atoms with van der Waals surface area (Å²) in [4.78, 5) is 4.71. The molecule has 2 aromatic rings. The van der Waals surface area contributed by atoms with Crippen molar-refractivity contribution >= 4 is 34.4 Å². The first-order chi connectivity index (χ1) is 9.80. The van der Waals surface area contributed by atoms with Gasteiger partial charge in [-0.25, -0.2) is 4.98 Å². The molecule has 1 fully saturated rings. The maximum absolute atomic E-state index is 6.14. The van der Waals surface area contributed by atoms with E-state index in [9.17, 15) is 0 Å². The van der Waals surface area contributed by atoms with Crippen LogP contribution in [0.4, 0.5) is 0 Å². The van der Waals surface area contributed by atoms with E-state index in [4.69, 9.17) is 21.3 Å². The van der Waals surface area contributed by atoms with E-state index < -0.39 is 0 Å². The Balaban J connectivity index is 2.18. The minimum Gasteiger partial charge on any atom is -0.494 e. The smallest absolute Gasteiger partial charge is 0.146 e. The lowest BCUT2D eigenvalue weighted by molar-refractivity contribution is 0.419. The summed E-state index contributed by atoms with van der Waals surface area (Å²) in [6.45, 7) is 0. The molecule has 0 aliphatic heterocycles. The van der Waals surface area contributed by atoms with Crippen LogP contribution in [-0.2, 0) is 5.88 Å². The van der Waals surface area contributed by atoms with Gasteiger partial charge in [0, 0.05) is 11.3 Å². The van der Waals surface area contributed by atoms with Gasteiger partial charge in [-0.3, -0.25) is 0 Å². The van der Waals surface area contributed by atoms with Gasteiger partial charge in [0.25, 0.3) is 0 Å². The lowest BCUT2D eigenvalue weighted by Crippen LogP contribution is -2.17. The van der Waals surface area contributed by atoms with Gasteiger partial charge in [-0.2, -0.15) is 11.8 Å². The summed E-state index contributed by atoms with van der Waals surface area (Å²) < 4.78 is 7.78. The molecular formula is C15H19ClN2OS. The molecule has 1 saturated carbocycles. The van der Waals surface area contributed by atoms with Crippen molar-refractivity contribution in [2.75, 3.05) is 13.4 Å². The number of aromatic nitrogens is 2. The first-order valence-electron chi connectivity index (χ1n) is 6.92. The molecule has 1 aliphatic rings. The molecule has 1 heterocycles. The van der Waals surface area contributed by atoms with Gasteiger partial charge in [0.05, 0.1) is 18.5 Å². The molecule has 0 N–H and O–H groups in total. The van der Waals surface area contributed by atoms with Gasteiger partial charge < -0.3 is 9.30 Å². The van der Waals surface area contributed by atoms with Crippen LogP contribution in [-0.4, -0.2) is 28.2 Å². The van der Waals surface area contributed by atoms with Crippen LogP contribution in [0.5, 0.6) is 5.75 Å². The number of thioether (sulfide) groups is 1. The molecule has 1 aliphatic carbocycles. The van der Waals surface area contributed by atoms with Crippen molar-refractivity contribution in [2.45, 2.75) is 36.4 Å². The number of fused-ring (bicyclic) bond motifs is 1. The lowest BCUT2D eigenvalue weighted by atomic mass is 10.2. The number of benzene rings is 1. The molecule has 5 heteroatoms. The maximum atomic E-state index is 6.14. The largest absolute Gasteiger partial charge is 0.494 e. The van der Waals surface area contributed by atoms with E-state index in [2.05, 4.69) is 16.9 Å². The highest BCUT2D eigenvalue weighted by Crippen LogP contribution is 2.41. The van der Waals surface area contributed by atoms with Crippen molar-refractivity contribution in [1.29, 1.82) is 0 Å². The Labute approximate surface area is 128 Å². The number of alkyl halides is 1. The third kappa shape index (κ3) is 2.19. The molecule has 2 unspecified atom stereocenters. The van der Waals surface area contributed by atoms with Crippen molar-refractivity contribution in [3.05, 3.63) is 24.0 Å². The Kier molecular flexibility index (Phi) is 4.13. The number of imidazole rings is 1. The van der Waals surface area contributed by atoms with Crippen LogP contribution in [0.25, 0.3) is 11.0 Å². The highest BCUT2D eigenvalue weighted by Gasteiger charge is 2.31. The van der Waals surface area contributed by atoms with E-state index in [-0.39, 0.29) is 0 Å². The summed E-state index contributed by atoms with van der Waals surface area (Å²) in [6, 6.07) is 6.60. The molecule has 20 heavy (non-hydrogen) atoms. The third-order valence-electron chi connectivity index (χ3n) is 4.15. The predicted octanol–water partition coefficient (Wildman–Crippen LogP) is 4.24. The van der Waals surface area contributed by atoms with E-state index in [0.29, 0.717) is 17.2 Å². The number of nitrogens with zero attached hydrogens (tertiary/aromatic N) is 2. The topological polar surface area (TPSA) is 27.1 Å². The van der Waals surface area contributed by atoms with Crippen LogP contribution < -0.4 is 4.74 Å². The summed E-state index contributed by atoms with van der Waals surface area (Å²) >= 11 is 8.09. The molecule has 0 spiro atoms. The monoisotopic (exact) mass is 310 g/mol. The molecule has 0 amide bonds. The van der Waals surface area contributed by atoms with E-state index in [1.54, 1.807) is 7.11 Å². The van der Waals surface area contributed by atoms with Gasteiger partial charge in [0.15, 0.2) is 0 Å². The Morgan fingerprint density at radius 3 is 3.00 bits per heavy atom. The Morgan fingerprint density at radius 2 is 2.30 bits per heavy atom. The van der Waals surface area contributed by atoms with Gasteiger partial charge in [-0.1, -0.05) is 12.5 Å². The zero-order valence-corrected chi connectivity index (χ0v) is 13.4. The van der Waals surface area contributed by atoms with Crippen LogP contribution in [0.2, 0.25) is 0 Å². The first-order valence-corrected chi connectivity index (χ1v) is 8.75. The van der Waals surface area contributed by atoms with Crippen LogP contribution in [0.1, 0.15) is 31.1 Å². The standard InChI is InChI=1S/C15H19ClN2OS/c1-19-12-7-3-6-11-15(12)17-14(9-16)18(11)10-5-4-8-13(10)20-2/h3,6-7,10,13H,4-5,8-9H2,1-2H3. The molecule has 3 nitrogen and oxygen atoms in total. The molecular weight excluding hydrogens is 292 g/mol. The molecule has 1 aromatic carbocycles.